The van der Waals surface area contributed by atoms with E-state index >= 15 is 0 Å². The van der Waals surface area contributed by atoms with E-state index in [0.717, 1.165) is 16.1 Å². The van der Waals surface area contributed by atoms with Gasteiger partial charge in [0, 0.05) is 28.1 Å². The van der Waals surface area contributed by atoms with Gasteiger partial charge in [0.15, 0.2) is 9.84 Å². The van der Waals surface area contributed by atoms with Crippen molar-refractivity contribution in [3.8, 4) is 0 Å². The topological polar surface area (TPSA) is 61.8 Å². The normalized spacial score (nSPS) is 13.2. The van der Waals surface area contributed by atoms with Crippen molar-refractivity contribution in [1.82, 2.24) is 0 Å². The Hall–Kier alpha value is -0.240. The van der Waals surface area contributed by atoms with Gasteiger partial charge in [0.1, 0.15) is 5.76 Å². The van der Waals surface area contributed by atoms with Crippen molar-refractivity contribution in [1.29, 1.82) is 0 Å². The number of benzene rings is 1. The first-order chi connectivity index (χ1) is 10.2. The van der Waals surface area contributed by atoms with Crippen molar-refractivity contribution in [2.75, 3.05) is 19.5 Å². The fraction of sp³-hybridized carbons (Fsp3) is 0.385. The van der Waals surface area contributed by atoms with E-state index < -0.39 is 16.6 Å². The van der Waals surface area contributed by atoms with Gasteiger partial charge in [-0.2, -0.15) is 0 Å². The molecule has 0 unspecified atom stereocenters. The zero-order valence-corrected chi connectivity index (χ0v) is 16.6. The van der Waals surface area contributed by atoms with E-state index in [1.807, 2.05) is 6.07 Å². The van der Waals surface area contributed by atoms with E-state index in [1.54, 1.807) is 32.0 Å². The van der Waals surface area contributed by atoms with Gasteiger partial charge in [-0.05, 0) is 26.0 Å². The number of rotatable bonds is 8. The summed E-state index contributed by atoms with van der Waals surface area (Å²) in [6.07, 6.45) is 1.08. The molecule has 22 heavy (non-hydrogen) atoms. The molecule has 0 heterocycles. The summed E-state index contributed by atoms with van der Waals surface area (Å²) >= 11 is 8.63. The smallest absolute Gasteiger partial charge is 0.380 e. The van der Waals surface area contributed by atoms with Gasteiger partial charge in [-0.25, -0.2) is 8.42 Å². The summed E-state index contributed by atoms with van der Waals surface area (Å²) in [7, 11) is -3.43. The molecule has 0 saturated carbocycles. The van der Waals surface area contributed by atoms with Gasteiger partial charge in [-0.1, -0.05) is 28.1 Å². The lowest BCUT2D eigenvalue weighted by atomic mass is 10.2. The molecule has 9 heteroatoms. The Labute approximate surface area is 145 Å². The fourth-order valence-corrected chi connectivity index (χ4v) is 4.63. The summed E-state index contributed by atoms with van der Waals surface area (Å²) in [5, 5.41) is 1.02. The minimum absolute atomic E-state index is 0.106. The molecule has 1 aromatic carbocycles. The van der Waals surface area contributed by atoms with Gasteiger partial charge in [-0.15, -0.1) is 0 Å². The maximum Gasteiger partial charge on any atom is 0.380 e. The van der Waals surface area contributed by atoms with Gasteiger partial charge in [-0.3, -0.25) is 9.05 Å². The third-order valence-corrected chi connectivity index (χ3v) is 5.78. The van der Waals surface area contributed by atoms with Crippen LogP contribution in [0, 0.1) is 0 Å². The minimum Gasteiger partial charge on any atom is -0.423 e. The standard InChI is InChI=1S/C13H18BrO5PS2/c1-4-17-20(21,18-5-2)19-13(10-22(3,15)16)11-7-6-8-12(14)9-11/h6-10H,4-5H2,1-3H3/b13-10+. The Bertz CT molecular complexity index is 677. The van der Waals surface area contributed by atoms with Crippen molar-refractivity contribution < 1.29 is 22.0 Å². The highest BCUT2D eigenvalue weighted by Gasteiger charge is 2.24. The van der Waals surface area contributed by atoms with Crippen molar-refractivity contribution in [3.63, 3.8) is 0 Å². The Balaban J connectivity index is 3.28. The summed E-state index contributed by atoms with van der Waals surface area (Å²) in [6, 6.07) is 7.04. The van der Waals surface area contributed by atoms with Crippen LogP contribution in [0.5, 0.6) is 0 Å². The molecule has 124 valence electrons. The molecular formula is C13H18BrO5PS2. The van der Waals surface area contributed by atoms with Crippen molar-refractivity contribution >= 4 is 50.1 Å². The van der Waals surface area contributed by atoms with Crippen molar-refractivity contribution in [2.45, 2.75) is 13.8 Å². The first-order valence-corrected chi connectivity index (χ1v) is 11.8. The quantitative estimate of drug-likeness (QED) is 0.458. The van der Waals surface area contributed by atoms with Crippen LogP contribution in [0.2, 0.25) is 0 Å². The first-order valence-electron chi connectivity index (χ1n) is 6.45. The molecule has 0 saturated heterocycles. The Kier molecular flexibility index (Phi) is 7.71. The Morgan fingerprint density at radius 2 is 1.91 bits per heavy atom. The lowest BCUT2D eigenvalue weighted by Crippen LogP contribution is -2.02. The molecule has 1 aromatic rings. The second-order valence-electron chi connectivity index (χ2n) is 4.20. The Morgan fingerprint density at radius 3 is 2.36 bits per heavy atom. The molecule has 0 atom stereocenters. The molecule has 1 rings (SSSR count). The van der Waals surface area contributed by atoms with E-state index in [-0.39, 0.29) is 5.76 Å². The zero-order valence-electron chi connectivity index (χ0n) is 12.5. The van der Waals surface area contributed by atoms with Crippen LogP contribution in [0.4, 0.5) is 0 Å². The van der Waals surface area contributed by atoms with Gasteiger partial charge in [0.05, 0.1) is 18.6 Å². The zero-order chi connectivity index (χ0) is 16.8. The number of hydrogen-bond donors (Lipinski definition) is 0. The minimum atomic E-state index is -3.43. The van der Waals surface area contributed by atoms with E-state index in [9.17, 15) is 8.42 Å². The molecule has 0 aliphatic heterocycles. The molecule has 0 aromatic heterocycles. The number of sulfone groups is 1. The predicted molar refractivity (Wildman–Crippen MR) is 95.6 cm³/mol. The van der Waals surface area contributed by atoms with Gasteiger partial charge in [0.2, 0.25) is 0 Å². The van der Waals surface area contributed by atoms with Crippen LogP contribution in [0.3, 0.4) is 0 Å². The summed E-state index contributed by atoms with van der Waals surface area (Å²) in [6.45, 7) is 1.09. The average molecular weight is 429 g/mol. The first kappa shape index (κ1) is 19.8. The number of halogens is 1. The van der Waals surface area contributed by atoms with Gasteiger partial charge < -0.3 is 4.52 Å². The monoisotopic (exact) mass is 428 g/mol. The third kappa shape index (κ3) is 6.89. The molecule has 0 radical (unpaired) electrons. The lowest BCUT2D eigenvalue weighted by Gasteiger charge is -2.22. The van der Waals surface area contributed by atoms with Crippen LogP contribution < -0.4 is 0 Å². The Morgan fingerprint density at radius 1 is 1.32 bits per heavy atom. The molecule has 0 aliphatic carbocycles. The van der Waals surface area contributed by atoms with Gasteiger partial charge in [0.25, 0.3) is 0 Å². The van der Waals surface area contributed by atoms with Crippen LogP contribution >= 0.6 is 22.6 Å². The SMILES string of the molecule is CCOP(=S)(OCC)O/C(=C/S(C)(=O)=O)c1cccc(Br)c1. The maximum atomic E-state index is 11.6. The third-order valence-electron chi connectivity index (χ3n) is 2.21. The van der Waals surface area contributed by atoms with Crippen LogP contribution in [0.25, 0.3) is 5.76 Å². The molecule has 0 aliphatic rings. The summed E-state index contributed by atoms with van der Waals surface area (Å²) in [4.78, 5) is 0. The molecule has 0 bridgehead atoms. The van der Waals surface area contributed by atoms with E-state index in [1.165, 1.54) is 0 Å². The second kappa shape index (κ2) is 8.57. The van der Waals surface area contributed by atoms with Crippen molar-refractivity contribution in [3.05, 3.63) is 39.7 Å². The largest absolute Gasteiger partial charge is 0.423 e. The highest BCUT2D eigenvalue weighted by Crippen LogP contribution is 2.53. The molecule has 5 nitrogen and oxygen atoms in total. The van der Waals surface area contributed by atoms with E-state index in [2.05, 4.69) is 15.9 Å². The average Bonchev–Trinajstić information content (AvgIpc) is 2.36. The fourth-order valence-electron chi connectivity index (χ4n) is 1.51. The molecule has 0 amide bonds. The number of hydrogen-bond acceptors (Lipinski definition) is 6. The molecule has 0 spiro atoms. The summed E-state index contributed by atoms with van der Waals surface area (Å²) in [5.41, 5.74) is 0.563. The molecular weight excluding hydrogens is 411 g/mol. The van der Waals surface area contributed by atoms with E-state index in [0.29, 0.717) is 18.8 Å². The summed E-state index contributed by atoms with van der Waals surface area (Å²) < 4.78 is 40.5. The van der Waals surface area contributed by atoms with Crippen LogP contribution in [0.15, 0.2) is 34.1 Å². The van der Waals surface area contributed by atoms with Gasteiger partial charge >= 0.3 is 6.72 Å². The predicted octanol–water partition coefficient (Wildman–Crippen LogP) is 4.11. The van der Waals surface area contributed by atoms with Crippen LogP contribution in [-0.4, -0.2) is 27.9 Å². The highest BCUT2D eigenvalue weighted by molar-refractivity contribution is 9.10. The lowest BCUT2D eigenvalue weighted by molar-refractivity contribution is 0.210. The highest BCUT2D eigenvalue weighted by atomic mass is 79.9. The van der Waals surface area contributed by atoms with Crippen LogP contribution in [0.1, 0.15) is 19.4 Å². The second-order valence-corrected chi connectivity index (χ2v) is 9.94. The summed E-state index contributed by atoms with van der Waals surface area (Å²) in [5.74, 6) is 0.106. The molecule has 0 fully saturated rings. The maximum absolute atomic E-state index is 11.6. The van der Waals surface area contributed by atoms with Crippen LogP contribution in [-0.2, 0) is 35.2 Å². The van der Waals surface area contributed by atoms with E-state index in [4.69, 9.17) is 25.4 Å². The van der Waals surface area contributed by atoms with Crippen molar-refractivity contribution in [2.24, 2.45) is 0 Å². The molecule has 0 N–H and O–H groups in total.